The highest BCUT2D eigenvalue weighted by atomic mass is 16.5. The minimum Gasteiger partial charge on any atom is -0.462 e. The van der Waals surface area contributed by atoms with Gasteiger partial charge in [-0.25, -0.2) is 4.79 Å². The second kappa shape index (κ2) is 9.45. The quantitative estimate of drug-likeness (QED) is 0.328. The van der Waals surface area contributed by atoms with Crippen LogP contribution in [0.2, 0.25) is 0 Å². The van der Waals surface area contributed by atoms with Crippen LogP contribution in [0.1, 0.15) is 27.8 Å². The average Bonchev–Trinajstić information content (AvgIpc) is 2.68. The molecule has 0 N–H and O–H groups in total. The van der Waals surface area contributed by atoms with Crippen LogP contribution >= 0.6 is 0 Å². The van der Waals surface area contributed by atoms with Crippen LogP contribution in [0, 0.1) is 27.7 Å². The Morgan fingerprint density at radius 3 is 1.70 bits per heavy atom. The summed E-state index contributed by atoms with van der Waals surface area (Å²) in [4.78, 5) is 13.5. The van der Waals surface area contributed by atoms with Gasteiger partial charge in [-0.05, 0) is 91.9 Å². The van der Waals surface area contributed by atoms with Gasteiger partial charge >= 0.3 is 5.97 Å². The fourth-order valence-corrected chi connectivity index (χ4v) is 3.75. The van der Waals surface area contributed by atoms with Gasteiger partial charge in [0.1, 0.15) is 0 Å². The minimum absolute atomic E-state index is 0.349. The van der Waals surface area contributed by atoms with Crippen LogP contribution in [0.15, 0.2) is 73.3 Å². The zero-order valence-electron chi connectivity index (χ0n) is 18.2. The van der Waals surface area contributed by atoms with Crippen molar-refractivity contribution in [3.8, 4) is 0 Å². The van der Waals surface area contributed by atoms with Gasteiger partial charge in [-0.2, -0.15) is 0 Å². The maximum absolute atomic E-state index is 11.2. The molecule has 0 fully saturated rings. The summed E-state index contributed by atoms with van der Waals surface area (Å²) in [5.41, 5.74) is 9.45. The number of aryl methyl sites for hydroxylation is 4. The highest BCUT2D eigenvalue weighted by molar-refractivity contribution is 5.81. The van der Waals surface area contributed by atoms with E-state index in [9.17, 15) is 4.79 Å². The number of esters is 1. The molecule has 3 nitrogen and oxygen atoms in total. The molecule has 0 saturated heterocycles. The van der Waals surface area contributed by atoms with Crippen molar-refractivity contribution in [3.05, 3.63) is 101 Å². The van der Waals surface area contributed by atoms with E-state index in [1.165, 1.54) is 28.3 Å². The third-order valence-corrected chi connectivity index (χ3v) is 4.93. The molecule has 0 aliphatic heterocycles. The van der Waals surface area contributed by atoms with E-state index in [1.807, 2.05) is 0 Å². The van der Waals surface area contributed by atoms with Crippen molar-refractivity contribution in [1.82, 2.24) is 0 Å². The lowest BCUT2D eigenvalue weighted by Crippen LogP contribution is -2.11. The first-order chi connectivity index (χ1) is 14.4. The molecule has 0 radical (unpaired) electrons. The van der Waals surface area contributed by atoms with Gasteiger partial charge in [-0.15, -0.1) is 0 Å². The van der Waals surface area contributed by atoms with Crippen molar-refractivity contribution in [2.75, 3.05) is 11.5 Å². The van der Waals surface area contributed by atoms with E-state index in [1.54, 1.807) is 0 Å². The van der Waals surface area contributed by atoms with Crippen LogP contribution < -0.4 is 4.90 Å². The Morgan fingerprint density at radius 1 is 0.800 bits per heavy atom. The molecular weight excluding hydrogens is 370 g/mol. The Bertz CT molecular complexity index is 959. The van der Waals surface area contributed by atoms with E-state index in [2.05, 4.69) is 99.8 Å². The maximum Gasteiger partial charge on any atom is 0.330 e. The van der Waals surface area contributed by atoms with Gasteiger partial charge < -0.3 is 9.64 Å². The minimum atomic E-state index is -0.387. The molecule has 3 heteroatoms. The first-order valence-corrected chi connectivity index (χ1v) is 10.2. The molecular formula is C27H29NO2. The van der Waals surface area contributed by atoms with Gasteiger partial charge in [0.15, 0.2) is 0 Å². The molecule has 30 heavy (non-hydrogen) atoms. The lowest BCUT2D eigenvalue weighted by atomic mass is 10.1. The van der Waals surface area contributed by atoms with Gasteiger partial charge in [0.25, 0.3) is 0 Å². The summed E-state index contributed by atoms with van der Waals surface area (Å²) < 4.78 is 5.10. The number of carbonyl (C=O) groups is 1. The van der Waals surface area contributed by atoms with Crippen molar-refractivity contribution < 1.29 is 9.53 Å². The normalized spacial score (nSPS) is 10.5. The van der Waals surface area contributed by atoms with Crippen LogP contribution in [0.25, 0.3) is 0 Å². The van der Waals surface area contributed by atoms with Crippen molar-refractivity contribution in [3.63, 3.8) is 0 Å². The molecule has 0 spiro atoms. The highest BCUT2D eigenvalue weighted by Gasteiger charge is 2.14. The second-order valence-electron chi connectivity index (χ2n) is 7.82. The second-order valence-corrected chi connectivity index (χ2v) is 7.82. The van der Waals surface area contributed by atoms with E-state index < -0.39 is 0 Å². The summed E-state index contributed by atoms with van der Waals surface area (Å²) in [6.07, 6.45) is 1.86. The number of nitrogens with zero attached hydrogens (tertiary/aromatic N) is 1. The van der Waals surface area contributed by atoms with Gasteiger partial charge in [0, 0.05) is 29.6 Å². The number of hydrogen-bond acceptors (Lipinski definition) is 3. The predicted octanol–water partition coefficient (Wildman–Crippen LogP) is 6.66. The fourth-order valence-electron chi connectivity index (χ4n) is 3.75. The predicted molar refractivity (Wildman–Crippen MR) is 125 cm³/mol. The number of rotatable bonds is 7. The van der Waals surface area contributed by atoms with Crippen molar-refractivity contribution in [2.45, 2.75) is 34.1 Å². The molecule has 0 heterocycles. The third kappa shape index (κ3) is 5.38. The Balaban J connectivity index is 1.96. The summed E-state index contributed by atoms with van der Waals surface area (Å²) in [5, 5.41) is 0. The van der Waals surface area contributed by atoms with E-state index in [0.717, 1.165) is 22.6 Å². The molecule has 3 rings (SSSR count). The van der Waals surface area contributed by atoms with E-state index >= 15 is 0 Å². The van der Waals surface area contributed by atoms with Crippen LogP contribution in [0.3, 0.4) is 0 Å². The van der Waals surface area contributed by atoms with E-state index in [4.69, 9.17) is 4.74 Å². The largest absolute Gasteiger partial charge is 0.462 e. The zero-order chi connectivity index (χ0) is 21.7. The molecule has 0 unspecified atom stereocenters. The summed E-state index contributed by atoms with van der Waals surface area (Å²) in [5.74, 6) is -0.387. The number of hydrogen-bond donors (Lipinski definition) is 0. The maximum atomic E-state index is 11.2. The average molecular weight is 400 g/mol. The zero-order valence-corrected chi connectivity index (χ0v) is 18.2. The SMILES string of the molecule is C=CC(=O)OCCc1ccc(N(c2cc(C)cc(C)c2)c2cc(C)cc(C)c2)cc1. The lowest BCUT2D eigenvalue weighted by Gasteiger charge is -2.27. The topological polar surface area (TPSA) is 29.5 Å². The number of carbonyl (C=O) groups excluding carboxylic acids is 1. The molecule has 0 aliphatic carbocycles. The summed E-state index contributed by atoms with van der Waals surface area (Å²) in [7, 11) is 0. The fraction of sp³-hybridized carbons (Fsp3) is 0.222. The Kier molecular flexibility index (Phi) is 6.73. The molecule has 3 aromatic rings. The van der Waals surface area contributed by atoms with E-state index in [-0.39, 0.29) is 5.97 Å². The van der Waals surface area contributed by atoms with Crippen LogP contribution in [-0.4, -0.2) is 12.6 Å². The highest BCUT2D eigenvalue weighted by Crippen LogP contribution is 2.36. The monoisotopic (exact) mass is 399 g/mol. The van der Waals surface area contributed by atoms with Crippen LogP contribution in [0.5, 0.6) is 0 Å². The van der Waals surface area contributed by atoms with Crippen molar-refractivity contribution in [1.29, 1.82) is 0 Å². The summed E-state index contributed by atoms with van der Waals surface area (Å²) in [6, 6.07) is 21.7. The molecule has 0 aliphatic rings. The Hall–Kier alpha value is -3.33. The number of benzene rings is 3. The molecule has 154 valence electrons. The molecule has 0 bridgehead atoms. The molecule has 0 aromatic heterocycles. The molecule has 0 atom stereocenters. The van der Waals surface area contributed by atoms with Crippen LogP contribution in [0.4, 0.5) is 17.1 Å². The van der Waals surface area contributed by atoms with Gasteiger partial charge in [-0.3, -0.25) is 0 Å². The molecule has 3 aromatic carbocycles. The van der Waals surface area contributed by atoms with Gasteiger partial charge in [0.05, 0.1) is 6.61 Å². The smallest absolute Gasteiger partial charge is 0.330 e. The third-order valence-electron chi connectivity index (χ3n) is 4.93. The van der Waals surface area contributed by atoms with Gasteiger partial charge in [-0.1, -0.05) is 30.8 Å². The number of ether oxygens (including phenoxy) is 1. The molecule has 0 saturated carbocycles. The molecule has 0 amide bonds. The summed E-state index contributed by atoms with van der Waals surface area (Å²) >= 11 is 0. The summed E-state index contributed by atoms with van der Waals surface area (Å²) in [6.45, 7) is 12.3. The standard InChI is InChI=1S/C27H29NO2/c1-6-27(29)30-12-11-23-7-9-24(10-8-23)28(25-15-19(2)13-20(3)16-25)26-17-21(4)14-22(5)18-26/h6-10,13-18H,1,11-12H2,2-5H3. The Morgan fingerprint density at radius 2 is 1.27 bits per heavy atom. The number of anilines is 3. The first kappa shape index (κ1) is 21.4. The van der Waals surface area contributed by atoms with Crippen molar-refractivity contribution >= 4 is 23.0 Å². The van der Waals surface area contributed by atoms with Crippen LogP contribution in [-0.2, 0) is 16.0 Å². The Labute approximate surface area is 179 Å². The lowest BCUT2D eigenvalue weighted by molar-refractivity contribution is -0.137. The van der Waals surface area contributed by atoms with Crippen molar-refractivity contribution in [2.24, 2.45) is 0 Å². The van der Waals surface area contributed by atoms with E-state index in [0.29, 0.717) is 13.0 Å². The first-order valence-electron chi connectivity index (χ1n) is 10.2. The van der Waals surface area contributed by atoms with Gasteiger partial charge in [0.2, 0.25) is 0 Å².